The van der Waals surface area contributed by atoms with Gasteiger partial charge in [0.05, 0.1) is 8.80 Å². The molecule has 6 heteroatoms. The standard InChI is InChI=1S/C20H27N4OSi/c1-13-7-17(8-14(2)22-13)11-26-6-5-24(12-26)15(3)18-9-19-20(21-10-18)23-16(4)25-19/h7-10,15,19-20H,5-6,11-12H2,1-4H3. The predicted molar refractivity (Wildman–Crippen MR) is 107 cm³/mol. The van der Waals surface area contributed by atoms with E-state index in [1.165, 1.54) is 35.9 Å². The number of hydrogen-bond acceptors (Lipinski definition) is 5. The minimum atomic E-state index is -0.381. The molecule has 137 valence electrons. The lowest BCUT2D eigenvalue weighted by molar-refractivity contribution is 0.235. The fourth-order valence-corrected chi connectivity index (χ4v) is 7.01. The zero-order valence-corrected chi connectivity index (χ0v) is 17.1. The van der Waals surface area contributed by atoms with Crippen LogP contribution in [0.2, 0.25) is 6.04 Å². The van der Waals surface area contributed by atoms with Crippen LogP contribution >= 0.6 is 0 Å². The Morgan fingerprint density at radius 3 is 2.81 bits per heavy atom. The van der Waals surface area contributed by atoms with Gasteiger partial charge in [-0.3, -0.25) is 14.9 Å². The van der Waals surface area contributed by atoms with E-state index in [1.54, 1.807) is 0 Å². The maximum Gasteiger partial charge on any atom is 0.183 e. The first-order valence-corrected chi connectivity index (χ1v) is 11.6. The second-order valence-corrected chi connectivity index (χ2v) is 10.3. The summed E-state index contributed by atoms with van der Waals surface area (Å²) in [5.74, 6) is 0.747. The van der Waals surface area contributed by atoms with Crippen molar-refractivity contribution in [3.63, 3.8) is 0 Å². The highest BCUT2D eigenvalue weighted by Crippen LogP contribution is 2.25. The minimum absolute atomic E-state index is 0.00685. The van der Waals surface area contributed by atoms with Crippen LogP contribution in [0.25, 0.3) is 0 Å². The molecule has 26 heavy (non-hydrogen) atoms. The molecular weight excluding hydrogens is 340 g/mol. The van der Waals surface area contributed by atoms with Gasteiger partial charge < -0.3 is 4.74 Å². The smallest absolute Gasteiger partial charge is 0.183 e. The van der Waals surface area contributed by atoms with Gasteiger partial charge in [-0.2, -0.15) is 0 Å². The number of aryl methyl sites for hydroxylation is 2. The number of rotatable bonds is 4. The monoisotopic (exact) mass is 367 g/mol. The lowest BCUT2D eigenvalue weighted by Gasteiger charge is -2.28. The summed E-state index contributed by atoms with van der Waals surface area (Å²) in [5.41, 5.74) is 5.01. The molecule has 1 saturated heterocycles. The number of aromatic nitrogens is 1. The van der Waals surface area contributed by atoms with E-state index in [4.69, 9.17) is 4.74 Å². The van der Waals surface area contributed by atoms with E-state index in [-0.39, 0.29) is 21.1 Å². The van der Waals surface area contributed by atoms with Crippen LogP contribution in [0, 0.1) is 13.8 Å². The average Bonchev–Trinajstić information content (AvgIpc) is 3.17. The SMILES string of the molecule is CC1=NC2N=CC(C(C)N3CC[Si](Cc4cc(C)nc(C)c4)C3)=CC2O1. The Balaban J connectivity index is 1.38. The van der Waals surface area contributed by atoms with Gasteiger partial charge in [0.2, 0.25) is 0 Å². The third-order valence-corrected chi connectivity index (χ3v) is 8.14. The summed E-state index contributed by atoms with van der Waals surface area (Å²) in [6, 6.07) is 7.50. The quantitative estimate of drug-likeness (QED) is 0.769. The van der Waals surface area contributed by atoms with Gasteiger partial charge in [-0.1, -0.05) is 0 Å². The van der Waals surface area contributed by atoms with Crippen molar-refractivity contribution in [1.82, 2.24) is 9.88 Å². The van der Waals surface area contributed by atoms with Crippen LogP contribution in [0.4, 0.5) is 0 Å². The molecule has 0 bridgehead atoms. The molecule has 0 aromatic carbocycles. The van der Waals surface area contributed by atoms with E-state index in [0.717, 1.165) is 17.3 Å². The fraction of sp³-hybridized carbons (Fsp3) is 0.550. The largest absolute Gasteiger partial charge is 0.469 e. The fourth-order valence-electron chi connectivity index (χ4n) is 4.17. The van der Waals surface area contributed by atoms with Crippen LogP contribution in [-0.4, -0.2) is 61.8 Å². The summed E-state index contributed by atoms with van der Waals surface area (Å²) in [4.78, 5) is 16.1. The van der Waals surface area contributed by atoms with E-state index in [9.17, 15) is 0 Å². The number of ether oxygens (including phenoxy) is 1. The first-order valence-electron chi connectivity index (χ1n) is 9.45. The Bertz CT molecular complexity index is 768. The van der Waals surface area contributed by atoms with Gasteiger partial charge >= 0.3 is 0 Å². The maximum absolute atomic E-state index is 5.77. The Kier molecular flexibility index (Phi) is 4.80. The summed E-state index contributed by atoms with van der Waals surface area (Å²) in [5, 5.41) is 0. The molecule has 3 atom stereocenters. The lowest BCUT2D eigenvalue weighted by atomic mass is 10.0. The van der Waals surface area contributed by atoms with E-state index in [0.29, 0.717) is 6.04 Å². The summed E-state index contributed by atoms with van der Waals surface area (Å²) >= 11 is 0. The third-order valence-electron chi connectivity index (χ3n) is 5.45. The molecule has 0 amide bonds. The summed E-state index contributed by atoms with van der Waals surface area (Å²) in [6.07, 6.45) is 5.40. The van der Waals surface area contributed by atoms with Gasteiger partial charge in [-0.05, 0) is 74.9 Å². The van der Waals surface area contributed by atoms with Crippen molar-refractivity contribution < 1.29 is 4.74 Å². The highest BCUT2D eigenvalue weighted by atomic mass is 28.3. The highest BCUT2D eigenvalue weighted by molar-refractivity contribution is 6.59. The molecule has 3 aliphatic rings. The Labute approximate surface area is 157 Å². The number of dihydropyridines is 1. The zero-order valence-electron chi connectivity index (χ0n) is 16.1. The normalized spacial score (nSPS) is 27.1. The Morgan fingerprint density at radius 1 is 1.27 bits per heavy atom. The molecule has 1 fully saturated rings. The van der Waals surface area contributed by atoms with Crippen LogP contribution in [0.15, 0.2) is 33.8 Å². The summed E-state index contributed by atoms with van der Waals surface area (Å²) in [6.45, 7) is 9.58. The highest BCUT2D eigenvalue weighted by Gasteiger charge is 2.33. The van der Waals surface area contributed by atoms with Gasteiger partial charge in [0.15, 0.2) is 18.2 Å². The van der Waals surface area contributed by atoms with E-state index in [2.05, 4.69) is 58.8 Å². The van der Waals surface area contributed by atoms with Gasteiger partial charge in [-0.15, -0.1) is 0 Å². The molecule has 1 radical (unpaired) electrons. The van der Waals surface area contributed by atoms with Crippen LogP contribution < -0.4 is 0 Å². The first-order chi connectivity index (χ1) is 12.5. The number of nitrogens with zero attached hydrogens (tertiary/aromatic N) is 4. The lowest BCUT2D eigenvalue weighted by Crippen LogP contribution is -2.37. The van der Waals surface area contributed by atoms with Crippen molar-refractivity contribution in [2.24, 2.45) is 9.98 Å². The number of fused-ring (bicyclic) bond motifs is 1. The first kappa shape index (κ1) is 17.6. The Hall–Kier alpha value is -1.79. The molecule has 0 N–H and O–H groups in total. The van der Waals surface area contributed by atoms with E-state index >= 15 is 0 Å². The number of hydrogen-bond donors (Lipinski definition) is 0. The molecule has 4 heterocycles. The molecule has 1 aromatic heterocycles. The molecule has 0 aliphatic carbocycles. The number of aliphatic imine (C=N–C) groups is 2. The molecule has 3 unspecified atom stereocenters. The van der Waals surface area contributed by atoms with Crippen LogP contribution in [0.3, 0.4) is 0 Å². The maximum atomic E-state index is 5.77. The van der Waals surface area contributed by atoms with E-state index < -0.39 is 0 Å². The van der Waals surface area contributed by atoms with Crippen LogP contribution in [0.1, 0.15) is 30.8 Å². The van der Waals surface area contributed by atoms with Crippen molar-refractivity contribution in [3.8, 4) is 0 Å². The molecular formula is C20H27N4OSi. The van der Waals surface area contributed by atoms with Gasteiger partial charge in [0.1, 0.15) is 0 Å². The van der Waals surface area contributed by atoms with Crippen LogP contribution in [0.5, 0.6) is 0 Å². The third kappa shape index (κ3) is 3.66. The number of pyridine rings is 1. The molecule has 0 saturated carbocycles. The Morgan fingerprint density at radius 2 is 2.04 bits per heavy atom. The van der Waals surface area contributed by atoms with Crippen molar-refractivity contribution >= 4 is 20.9 Å². The van der Waals surface area contributed by atoms with Crippen molar-refractivity contribution in [2.75, 3.05) is 12.7 Å². The van der Waals surface area contributed by atoms with Crippen LogP contribution in [-0.2, 0) is 10.8 Å². The van der Waals surface area contributed by atoms with Gasteiger partial charge in [0, 0.05) is 30.6 Å². The van der Waals surface area contributed by atoms with Gasteiger partial charge in [-0.25, -0.2) is 4.99 Å². The topological polar surface area (TPSA) is 50.1 Å². The molecule has 1 aromatic rings. The minimum Gasteiger partial charge on any atom is -0.469 e. The van der Waals surface area contributed by atoms with Gasteiger partial charge in [0.25, 0.3) is 0 Å². The van der Waals surface area contributed by atoms with Crippen molar-refractivity contribution in [1.29, 1.82) is 0 Å². The van der Waals surface area contributed by atoms with Crippen molar-refractivity contribution in [2.45, 2.75) is 58.1 Å². The molecule has 3 aliphatic heterocycles. The second-order valence-electron chi connectivity index (χ2n) is 7.67. The molecule has 0 spiro atoms. The van der Waals surface area contributed by atoms with E-state index in [1.807, 2.05) is 13.1 Å². The summed E-state index contributed by atoms with van der Waals surface area (Å²) < 4.78 is 5.77. The average molecular weight is 368 g/mol. The molecule has 5 nitrogen and oxygen atoms in total. The van der Waals surface area contributed by atoms with Crippen molar-refractivity contribution in [3.05, 3.63) is 40.7 Å². The summed E-state index contributed by atoms with van der Waals surface area (Å²) in [7, 11) is -0.381. The predicted octanol–water partition coefficient (Wildman–Crippen LogP) is 2.67. The second kappa shape index (κ2) is 7.08. The molecule has 4 rings (SSSR count). The zero-order chi connectivity index (χ0) is 18.3.